The van der Waals surface area contributed by atoms with Crippen molar-refractivity contribution in [1.29, 1.82) is 0 Å². The van der Waals surface area contributed by atoms with Crippen molar-refractivity contribution in [2.24, 2.45) is 5.41 Å². The van der Waals surface area contributed by atoms with Crippen molar-refractivity contribution < 1.29 is 9.13 Å². The summed E-state index contributed by atoms with van der Waals surface area (Å²) in [6, 6.07) is 5.30. The van der Waals surface area contributed by atoms with Crippen LogP contribution in [0.25, 0.3) is 0 Å². The zero-order valence-corrected chi connectivity index (χ0v) is 12.4. The maximum absolute atomic E-state index is 13.8. The van der Waals surface area contributed by atoms with Crippen LogP contribution in [0.5, 0.6) is 5.75 Å². The molecule has 106 valence electrons. The summed E-state index contributed by atoms with van der Waals surface area (Å²) in [6.45, 7) is 7.45. The summed E-state index contributed by atoms with van der Waals surface area (Å²) in [5.74, 6) is -0.218. The van der Waals surface area contributed by atoms with Crippen LogP contribution in [0, 0.1) is 11.2 Å². The number of nitrogens with one attached hydrogen (secondary N) is 1. The van der Waals surface area contributed by atoms with Gasteiger partial charge in [0.2, 0.25) is 0 Å². The smallest absolute Gasteiger partial charge is 0.183 e. The molecule has 0 heterocycles. The lowest BCUT2D eigenvalue weighted by Gasteiger charge is -2.51. The van der Waals surface area contributed by atoms with Crippen LogP contribution in [0.4, 0.5) is 4.39 Å². The monoisotopic (exact) mass is 285 g/mol. The first kappa shape index (κ1) is 14.6. The van der Waals surface area contributed by atoms with Gasteiger partial charge in [0.05, 0.1) is 5.02 Å². The lowest BCUT2D eigenvalue weighted by Crippen LogP contribution is -2.62. The fourth-order valence-corrected chi connectivity index (χ4v) is 2.64. The highest BCUT2D eigenvalue weighted by Gasteiger charge is 2.49. The third kappa shape index (κ3) is 2.87. The molecule has 1 aromatic carbocycles. The maximum Gasteiger partial charge on any atom is 0.183 e. The summed E-state index contributed by atoms with van der Waals surface area (Å²) in [6.07, 6.45) is 2.04. The van der Waals surface area contributed by atoms with Crippen molar-refractivity contribution in [3.8, 4) is 5.75 Å². The van der Waals surface area contributed by atoms with Crippen molar-refractivity contribution in [2.75, 3.05) is 6.54 Å². The first-order chi connectivity index (χ1) is 8.96. The summed E-state index contributed by atoms with van der Waals surface area (Å²) in [4.78, 5) is 0. The van der Waals surface area contributed by atoms with Crippen molar-refractivity contribution in [2.45, 2.75) is 45.8 Å². The molecule has 2 rings (SSSR count). The Morgan fingerprint density at radius 1 is 1.47 bits per heavy atom. The molecule has 1 saturated carbocycles. The van der Waals surface area contributed by atoms with Crippen LogP contribution in [0.15, 0.2) is 18.2 Å². The predicted molar refractivity (Wildman–Crippen MR) is 76.3 cm³/mol. The van der Waals surface area contributed by atoms with E-state index < -0.39 is 5.82 Å². The molecule has 1 aromatic rings. The van der Waals surface area contributed by atoms with Crippen molar-refractivity contribution >= 4 is 11.6 Å². The average molecular weight is 286 g/mol. The van der Waals surface area contributed by atoms with Gasteiger partial charge in [-0.2, -0.15) is 0 Å². The van der Waals surface area contributed by atoms with Crippen LogP contribution in [0.2, 0.25) is 5.02 Å². The molecule has 0 aliphatic heterocycles. The van der Waals surface area contributed by atoms with Gasteiger partial charge in [0.1, 0.15) is 6.10 Å². The summed E-state index contributed by atoms with van der Waals surface area (Å²) in [7, 11) is 0. The summed E-state index contributed by atoms with van der Waals surface area (Å²) in [5.41, 5.74) is 0.00390. The van der Waals surface area contributed by atoms with Gasteiger partial charge in [0.15, 0.2) is 11.6 Å². The van der Waals surface area contributed by atoms with Gasteiger partial charge < -0.3 is 10.1 Å². The van der Waals surface area contributed by atoms with Crippen molar-refractivity contribution in [3.05, 3.63) is 29.0 Å². The maximum atomic E-state index is 13.8. The predicted octanol–water partition coefficient (Wildman–Crippen LogP) is 4.02. The molecule has 2 unspecified atom stereocenters. The van der Waals surface area contributed by atoms with Gasteiger partial charge in [-0.25, -0.2) is 4.39 Å². The Labute approximate surface area is 119 Å². The van der Waals surface area contributed by atoms with Crippen LogP contribution in [-0.2, 0) is 0 Å². The van der Waals surface area contributed by atoms with Gasteiger partial charge in [0.25, 0.3) is 0 Å². The molecule has 1 fully saturated rings. The highest BCUT2D eigenvalue weighted by atomic mass is 35.5. The highest BCUT2D eigenvalue weighted by molar-refractivity contribution is 6.30. The standard InChI is InChI=1S/C15H21ClFNO/c1-4-8-18-12-9-13(15(12,2)3)19-11-7-5-6-10(16)14(11)17/h5-7,12-13,18H,4,8-9H2,1-3H3. The summed E-state index contributed by atoms with van der Waals surface area (Å²) < 4.78 is 19.6. The molecule has 0 amide bonds. The Morgan fingerprint density at radius 2 is 2.21 bits per heavy atom. The molecule has 0 spiro atoms. The second kappa shape index (κ2) is 5.68. The molecule has 0 bridgehead atoms. The number of hydrogen-bond donors (Lipinski definition) is 1. The molecule has 0 radical (unpaired) electrons. The van der Waals surface area contributed by atoms with E-state index in [1.807, 2.05) is 0 Å². The largest absolute Gasteiger partial charge is 0.487 e. The van der Waals surface area contributed by atoms with Crippen molar-refractivity contribution in [3.63, 3.8) is 0 Å². The number of rotatable bonds is 5. The molecule has 0 saturated heterocycles. The zero-order chi connectivity index (χ0) is 14.0. The highest BCUT2D eigenvalue weighted by Crippen LogP contribution is 2.43. The Bertz CT molecular complexity index is 450. The van der Waals surface area contributed by atoms with E-state index in [0.29, 0.717) is 6.04 Å². The second-order valence-corrected chi connectivity index (χ2v) is 6.13. The minimum absolute atomic E-state index is 0.00390. The second-order valence-electron chi connectivity index (χ2n) is 5.72. The Hall–Kier alpha value is -0.800. The molecule has 2 atom stereocenters. The Morgan fingerprint density at radius 3 is 2.84 bits per heavy atom. The van der Waals surface area contributed by atoms with Gasteiger partial charge in [-0.1, -0.05) is 38.4 Å². The minimum Gasteiger partial charge on any atom is -0.487 e. The number of benzene rings is 1. The van der Waals surface area contributed by atoms with Gasteiger partial charge in [-0.15, -0.1) is 0 Å². The third-order valence-corrected chi connectivity index (χ3v) is 4.30. The van der Waals surface area contributed by atoms with Gasteiger partial charge in [0, 0.05) is 17.9 Å². The van der Waals surface area contributed by atoms with E-state index >= 15 is 0 Å². The van der Waals surface area contributed by atoms with Crippen LogP contribution in [-0.4, -0.2) is 18.7 Å². The summed E-state index contributed by atoms with van der Waals surface area (Å²) in [5, 5.41) is 3.61. The lowest BCUT2D eigenvalue weighted by molar-refractivity contribution is -0.0562. The van der Waals surface area contributed by atoms with Crippen LogP contribution in [0.3, 0.4) is 0 Å². The molecule has 19 heavy (non-hydrogen) atoms. The Balaban J connectivity index is 2.00. The van der Waals surface area contributed by atoms with E-state index in [-0.39, 0.29) is 22.3 Å². The normalized spacial score (nSPS) is 24.9. The molecular weight excluding hydrogens is 265 g/mol. The van der Waals surface area contributed by atoms with E-state index in [1.165, 1.54) is 6.07 Å². The first-order valence-electron chi connectivity index (χ1n) is 6.80. The van der Waals surface area contributed by atoms with Crippen LogP contribution < -0.4 is 10.1 Å². The minimum atomic E-state index is -0.468. The van der Waals surface area contributed by atoms with Crippen LogP contribution in [0.1, 0.15) is 33.6 Å². The molecule has 1 aliphatic carbocycles. The molecule has 1 N–H and O–H groups in total. The lowest BCUT2D eigenvalue weighted by atomic mass is 9.64. The first-order valence-corrected chi connectivity index (χ1v) is 7.18. The SMILES string of the molecule is CCCNC1CC(Oc2cccc(Cl)c2F)C1(C)C. The fraction of sp³-hybridized carbons (Fsp3) is 0.600. The molecular formula is C15H21ClFNO. The molecule has 1 aliphatic rings. The van der Waals surface area contributed by atoms with Gasteiger partial charge in [-0.3, -0.25) is 0 Å². The average Bonchev–Trinajstić information content (AvgIpc) is 2.37. The van der Waals surface area contributed by atoms with E-state index in [4.69, 9.17) is 16.3 Å². The number of halogens is 2. The number of hydrogen-bond acceptors (Lipinski definition) is 2. The van der Waals surface area contributed by atoms with Crippen molar-refractivity contribution in [1.82, 2.24) is 5.32 Å². The van der Waals surface area contributed by atoms with E-state index in [2.05, 4.69) is 26.1 Å². The molecule has 2 nitrogen and oxygen atoms in total. The molecule has 0 aromatic heterocycles. The van der Waals surface area contributed by atoms with Gasteiger partial charge in [-0.05, 0) is 25.1 Å². The third-order valence-electron chi connectivity index (χ3n) is 4.00. The van der Waals surface area contributed by atoms with E-state index in [1.54, 1.807) is 12.1 Å². The number of ether oxygens (including phenoxy) is 1. The summed E-state index contributed by atoms with van der Waals surface area (Å²) >= 11 is 5.76. The van der Waals surface area contributed by atoms with E-state index in [0.717, 1.165) is 19.4 Å². The quantitative estimate of drug-likeness (QED) is 0.882. The van der Waals surface area contributed by atoms with Gasteiger partial charge >= 0.3 is 0 Å². The molecule has 4 heteroatoms. The fourth-order valence-electron chi connectivity index (χ4n) is 2.48. The Kier molecular flexibility index (Phi) is 4.36. The van der Waals surface area contributed by atoms with E-state index in [9.17, 15) is 4.39 Å². The zero-order valence-electron chi connectivity index (χ0n) is 11.7. The topological polar surface area (TPSA) is 21.3 Å². The van der Waals surface area contributed by atoms with Crippen LogP contribution >= 0.6 is 11.6 Å².